The fourth-order valence-corrected chi connectivity index (χ4v) is 8.19. The number of aldehydes is 1. The van der Waals surface area contributed by atoms with E-state index in [9.17, 15) is 10.1 Å². The van der Waals surface area contributed by atoms with Crippen molar-refractivity contribution in [2.24, 2.45) is 5.41 Å². The summed E-state index contributed by atoms with van der Waals surface area (Å²) in [4.78, 5) is 16.9. The Morgan fingerprint density at radius 1 is 1.00 bits per heavy atom. The van der Waals surface area contributed by atoms with E-state index in [1.807, 2.05) is 27.1 Å². The van der Waals surface area contributed by atoms with E-state index in [4.69, 9.17) is 18.9 Å². The van der Waals surface area contributed by atoms with Crippen LogP contribution in [0.5, 0.6) is 11.5 Å². The van der Waals surface area contributed by atoms with E-state index in [1.165, 1.54) is 29.5 Å². The van der Waals surface area contributed by atoms with Gasteiger partial charge in [-0.05, 0) is 103 Å². The first kappa shape index (κ1) is 47.4. The summed E-state index contributed by atoms with van der Waals surface area (Å²) in [5.41, 5.74) is 9.62. The van der Waals surface area contributed by atoms with Crippen LogP contribution >= 0.6 is 0 Å². The maximum Gasteiger partial charge on any atom is 0.146 e. The van der Waals surface area contributed by atoms with Gasteiger partial charge in [-0.25, -0.2) is 0 Å². The van der Waals surface area contributed by atoms with Crippen LogP contribution in [0.25, 0.3) is 5.57 Å². The van der Waals surface area contributed by atoms with Gasteiger partial charge in [0.05, 0.1) is 44.8 Å². The molecular formula is C47H71N5O5. The van der Waals surface area contributed by atoms with Crippen molar-refractivity contribution in [2.45, 2.75) is 99.7 Å². The average molecular weight is 786 g/mol. The number of piperazine rings is 1. The zero-order chi connectivity index (χ0) is 39.4. The molecule has 2 saturated heterocycles. The van der Waals surface area contributed by atoms with Crippen LogP contribution in [0.15, 0.2) is 59.3 Å². The second-order valence-electron chi connectivity index (χ2n) is 15.7. The van der Waals surface area contributed by atoms with E-state index in [1.54, 1.807) is 14.2 Å². The number of nitrogens with one attached hydrogen (secondary N) is 2. The lowest BCUT2D eigenvalue weighted by atomic mass is 9.81. The summed E-state index contributed by atoms with van der Waals surface area (Å²) in [6.07, 6.45) is 11.1. The molecule has 1 saturated carbocycles. The SMILES string of the molecule is C.C.CCc1cccc(CN2CCN(Cc3c(OC)cc(C(=C/NC)/C(C)=C(/C)C=O)cc3OC)CC23CC3)c1CCNCOC/C(C#N)=C/C1(C)CCOCC1. The number of aryl methyl sites for hydroxylation is 1. The van der Waals surface area contributed by atoms with Gasteiger partial charge in [0.2, 0.25) is 0 Å². The molecule has 3 fully saturated rings. The first-order valence-corrected chi connectivity index (χ1v) is 19.9. The number of benzene rings is 2. The maximum atomic E-state index is 11.6. The number of nitrogens with zero attached hydrogens (tertiary/aromatic N) is 3. The highest BCUT2D eigenvalue weighted by Gasteiger charge is 2.51. The highest BCUT2D eigenvalue weighted by Crippen LogP contribution is 2.46. The number of nitriles is 1. The van der Waals surface area contributed by atoms with Crippen LogP contribution in [-0.4, -0.2) is 95.6 Å². The summed E-state index contributed by atoms with van der Waals surface area (Å²) in [5.74, 6) is 1.57. The van der Waals surface area contributed by atoms with Crippen LogP contribution < -0.4 is 20.1 Å². The summed E-state index contributed by atoms with van der Waals surface area (Å²) < 4.78 is 23.4. The number of carbonyl (C=O) groups is 1. The van der Waals surface area contributed by atoms with E-state index in [-0.39, 0.29) is 25.8 Å². The number of hydrogen-bond donors (Lipinski definition) is 2. The average Bonchev–Trinajstić information content (AvgIpc) is 3.97. The van der Waals surface area contributed by atoms with Gasteiger partial charge in [-0.3, -0.25) is 19.9 Å². The molecule has 10 nitrogen and oxygen atoms in total. The van der Waals surface area contributed by atoms with Gasteiger partial charge in [0, 0.05) is 76.8 Å². The van der Waals surface area contributed by atoms with Crippen LogP contribution in [0.2, 0.25) is 0 Å². The second kappa shape index (κ2) is 22.2. The molecule has 0 bridgehead atoms. The first-order valence-electron chi connectivity index (χ1n) is 19.9. The van der Waals surface area contributed by atoms with E-state index in [0.29, 0.717) is 24.5 Å². The molecule has 0 amide bonds. The molecule has 5 rings (SSSR count). The summed E-state index contributed by atoms with van der Waals surface area (Å²) in [6, 6.07) is 13.3. The van der Waals surface area contributed by atoms with Crippen molar-refractivity contribution in [1.82, 2.24) is 20.4 Å². The highest BCUT2D eigenvalue weighted by atomic mass is 16.5. The monoisotopic (exact) mass is 786 g/mol. The minimum Gasteiger partial charge on any atom is -0.496 e. The molecule has 2 aromatic rings. The largest absolute Gasteiger partial charge is 0.496 e. The van der Waals surface area contributed by atoms with Crippen molar-refractivity contribution in [3.05, 3.63) is 87.1 Å². The molecule has 1 spiro atoms. The predicted molar refractivity (Wildman–Crippen MR) is 232 cm³/mol. The van der Waals surface area contributed by atoms with Gasteiger partial charge in [-0.2, -0.15) is 5.26 Å². The fourth-order valence-electron chi connectivity index (χ4n) is 8.19. The van der Waals surface area contributed by atoms with Crippen LogP contribution in [0.3, 0.4) is 0 Å². The van der Waals surface area contributed by atoms with Crippen LogP contribution in [-0.2, 0) is 40.2 Å². The van der Waals surface area contributed by atoms with Crippen LogP contribution in [0, 0.1) is 16.7 Å². The standard InChI is InChI=1S/C45H63N5O5.2CH4/c1-8-36-10-9-11-37(39(36)12-17-48-32-55-30-35(25-46)24-44(4)15-20-54-21-16-44)27-50-19-18-49(31-45(50)13-14-45)28-41-42(52-6)22-38(23-43(41)53-7)40(26-47-5)34(3)33(2)29-51;;/h9-11,22-24,26,29,47-48H,8,12-21,27-28,30-32H2,1-7H3;2*1H4/b34-33-,35-24+,40-26+;;. The lowest BCUT2D eigenvalue weighted by molar-refractivity contribution is -0.104. The summed E-state index contributed by atoms with van der Waals surface area (Å²) in [6.45, 7) is 15.9. The van der Waals surface area contributed by atoms with Crippen molar-refractivity contribution in [3.63, 3.8) is 0 Å². The molecule has 1 aliphatic carbocycles. The molecule has 57 heavy (non-hydrogen) atoms. The molecule has 314 valence electrons. The minimum atomic E-state index is 0. The molecule has 2 N–H and O–H groups in total. The molecular weight excluding hydrogens is 715 g/mol. The van der Waals surface area contributed by atoms with Crippen molar-refractivity contribution in [1.29, 1.82) is 5.26 Å². The number of hydrogen-bond acceptors (Lipinski definition) is 10. The van der Waals surface area contributed by atoms with Crippen molar-refractivity contribution in [2.75, 3.05) is 74.0 Å². The lowest BCUT2D eigenvalue weighted by Gasteiger charge is -2.43. The Morgan fingerprint density at radius 2 is 1.68 bits per heavy atom. The van der Waals surface area contributed by atoms with E-state index < -0.39 is 0 Å². The van der Waals surface area contributed by atoms with Crippen molar-refractivity contribution >= 4 is 11.9 Å². The first-order chi connectivity index (χ1) is 26.6. The predicted octanol–water partition coefficient (Wildman–Crippen LogP) is 7.86. The summed E-state index contributed by atoms with van der Waals surface area (Å²) in [7, 11) is 5.29. The topological polar surface area (TPSA) is 108 Å². The Balaban J connectivity index is 0.00000435. The van der Waals surface area contributed by atoms with Gasteiger partial charge >= 0.3 is 0 Å². The Bertz CT molecular complexity index is 1740. The van der Waals surface area contributed by atoms with Crippen LogP contribution in [0.1, 0.15) is 96.0 Å². The normalized spacial score (nSPS) is 18.4. The van der Waals surface area contributed by atoms with Gasteiger partial charge in [-0.15, -0.1) is 0 Å². The molecule has 10 heteroatoms. The number of methoxy groups -OCH3 is 2. The highest BCUT2D eigenvalue weighted by molar-refractivity contribution is 5.87. The quantitative estimate of drug-likeness (QED) is 0.0365. The van der Waals surface area contributed by atoms with E-state index >= 15 is 0 Å². The molecule has 3 aliphatic rings. The van der Waals surface area contributed by atoms with E-state index in [0.717, 1.165) is 118 Å². The molecule has 0 atom stereocenters. The molecule has 2 aliphatic heterocycles. The number of carbonyl (C=O) groups excluding carboxylic acids is 1. The Kier molecular flexibility index (Phi) is 18.5. The molecule has 2 heterocycles. The summed E-state index contributed by atoms with van der Waals surface area (Å²) >= 11 is 0. The summed E-state index contributed by atoms with van der Waals surface area (Å²) in [5, 5.41) is 16.3. The van der Waals surface area contributed by atoms with Gasteiger partial charge < -0.3 is 24.3 Å². The second-order valence-corrected chi connectivity index (χ2v) is 15.7. The van der Waals surface area contributed by atoms with Crippen molar-refractivity contribution < 1.29 is 23.7 Å². The van der Waals surface area contributed by atoms with E-state index in [2.05, 4.69) is 76.8 Å². The number of rotatable bonds is 19. The van der Waals surface area contributed by atoms with Gasteiger partial charge in [0.1, 0.15) is 17.8 Å². The maximum absolute atomic E-state index is 11.6. The van der Waals surface area contributed by atoms with Crippen LogP contribution in [0.4, 0.5) is 0 Å². The zero-order valence-electron chi connectivity index (χ0n) is 34.3. The molecule has 0 unspecified atom stereocenters. The lowest BCUT2D eigenvalue weighted by Crippen LogP contribution is -2.54. The third kappa shape index (κ3) is 12.0. The van der Waals surface area contributed by atoms with Crippen molar-refractivity contribution in [3.8, 4) is 17.6 Å². The number of ether oxygens (including phenoxy) is 4. The molecule has 0 radical (unpaired) electrons. The Labute approximate surface area is 344 Å². The zero-order valence-corrected chi connectivity index (χ0v) is 34.3. The molecule has 0 aromatic heterocycles. The Hall–Kier alpha value is -3.98. The van der Waals surface area contributed by atoms with Gasteiger partial charge in [0.15, 0.2) is 0 Å². The van der Waals surface area contributed by atoms with Gasteiger partial charge in [0.25, 0.3) is 0 Å². The minimum absolute atomic E-state index is 0. The number of allylic oxidation sites excluding steroid dienone is 4. The third-order valence-electron chi connectivity index (χ3n) is 11.9. The van der Waals surface area contributed by atoms with Gasteiger partial charge in [-0.1, -0.05) is 53.0 Å². The fraction of sp³-hybridized carbons (Fsp3) is 0.574. The smallest absolute Gasteiger partial charge is 0.146 e. The molecule has 2 aromatic carbocycles. The Morgan fingerprint density at radius 3 is 2.28 bits per heavy atom. The third-order valence-corrected chi connectivity index (χ3v) is 11.9.